The van der Waals surface area contributed by atoms with Gasteiger partial charge in [0.05, 0.1) is 10.6 Å². The summed E-state index contributed by atoms with van der Waals surface area (Å²) in [6.45, 7) is 0.445. The Hall–Kier alpha value is -1.87. The summed E-state index contributed by atoms with van der Waals surface area (Å²) in [4.78, 5) is 27.1. The average Bonchev–Trinajstić information content (AvgIpc) is 3.15. The number of hydrogen-bond donors (Lipinski definition) is 2. The monoisotopic (exact) mass is 341 g/mol. The average molecular weight is 341 g/mol. The summed E-state index contributed by atoms with van der Waals surface area (Å²) in [5.74, 6) is 0.611. The summed E-state index contributed by atoms with van der Waals surface area (Å²) in [6.07, 6.45) is 0.641. The van der Waals surface area contributed by atoms with E-state index >= 15 is 0 Å². The summed E-state index contributed by atoms with van der Waals surface area (Å²) in [7, 11) is 0. The standard InChI is InChI=1S/C13H15N3O4S2/c17-10(14-5-7-21-8-12(18)19)3-4-11-15-13(16-20-11)9-2-1-6-22-9/h1-2,6H,3-5,7-8H2,(H,14,17)(H,18,19). The van der Waals surface area contributed by atoms with E-state index in [4.69, 9.17) is 9.63 Å². The number of aryl methyl sites for hydroxylation is 1. The molecule has 22 heavy (non-hydrogen) atoms. The van der Waals surface area contributed by atoms with Gasteiger partial charge in [-0.25, -0.2) is 0 Å². The predicted molar refractivity (Wildman–Crippen MR) is 83.9 cm³/mol. The maximum atomic E-state index is 11.6. The number of rotatable bonds is 9. The lowest BCUT2D eigenvalue weighted by Crippen LogP contribution is -2.26. The van der Waals surface area contributed by atoms with Crippen LogP contribution in [0.1, 0.15) is 12.3 Å². The van der Waals surface area contributed by atoms with Crippen LogP contribution in [0.3, 0.4) is 0 Å². The van der Waals surface area contributed by atoms with Crippen LogP contribution < -0.4 is 5.32 Å². The first-order valence-corrected chi connectivity index (χ1v) is 8.61. The molecule has 0 spiro atoms. The molecule has 0 unspecified atom stereocenters. The number of aromatic nitrogens is 2. The summed E-state index contributed by atoms with van der Waals surface area (Å²) >= 11 is 2.79. The molecule has 0 fully saturated rings. The van der Waals surface area contributed by atoms with Crippen molar-refractivity contribution in [1.82, 2.24) is 15.5 Å². The van der Waals surface area contributed by atoms with Crippen molar-refractivity contribution in [2.75, 3.05) is 18.1 Å². The van der Waals surface area contributed by atoms with Crippen molar-refractivity contribution in [3.05, 3.63) is 23.4 Å². The largest absolute Gasteiger partial charge is 0.481 e. The Kier molecular flexibility index (Phi) is 6.41. The zero-order valence-electron chi connectivity index (χ0n) is 11.7. The SMILES string of the molecule is O=C(O)CSCCNC(=O)CCc1nc(-c2cccs2)no1. The number of carboxylic acids is 1. The summed E-state index contributed by atoms with van der Waals surface area (Å²) in [5, 5.41) is 17.0. The molecule has 0 aliphatic rings. The molecule has 0 aromatic carbocycles. The minimum Gasteiger partial charge on any atom is -0.481 e. The van der Waals surface area contributed by atoms with Gasteiger partial charge >= 0.3 is 5.97 Å². The predicted octanol–water partition coefficient (Wildman–Crippen LogP) is 1.66. The quantitative estimate of drug-likeness (QED) is 0.668. The molecule has 0 atom stereocenters. The fraction of sp³-hybridized carbons (Fsp3) is 0.385. The van der Waals surface area contributed by atoms with E-state index < -0.39 is 5.97 Å². The number of nitrogens with one attached hydrogen (secondary N) is 1. The van der Waals surface area contributed by atoms with Crippen LogP contribution in [0.2, 0.25) is 0 Å². The Morgan fingerprint density at radius 3 is 3.05 bits per heavy atom. The van der Waals surface area contributed by atoms with Gasteiger partial charge < -0.3 is 14.9 Å². The summed E-state index contributed by atoms with van der Waals surface area (Å²) in [6, 6.07) is 3.81. The van der Waals surface area contributed by atoms with Crippen molar-refractivity contribution in [2.45, 2.75) is 12.8 Å². The highest BCUT2D eigenvalue weighted by atomic mass is 32.2. The number of carbonyl (C=O) groups excluding carboxylic acids is 1. The Morgan fingerprint density at radius 2 is 2.32 bits per heavy atom. The Balaban J connectivity index is 1.65. The highest BCUT2D eigenvalue weighted by Crippen LogP contribution is 2.21. The molecular weight excluding hydrogens is 326 g/mol. The minimum atomic E-state index is -0.853. The minimum absolute atomic E-state index is 0.0450. The first-order valence-electron chi connectivity index (χ1n) is 6.58. The summed E-state index contributed by atoms with van der Waals surface area (Å²) < 4.78 is 5.10. The van der Waals surface area contributed by atoms with Crippen LogP contribution in [0.15, 0.2) is 22.0 Å². The lowest BCUT2D eigenvalue weighted by Gasteiger charge is -2.02. The first-order chi connectivity index (χ1) is 10.6. The van der Waals surface area contributed by atoms with Crippen LogP contribution in [-0.2, 0) is 16.0 Å². The smallest absolute Gasteiger partial charge is 0.313 e. The Bertz CT molecular complexity index is 613. The number of carboxylic acid groups (broad SMARTS) is 1. The van der Waals surface area contributed by atoms with Gasteiger partial charge in [0.1, 0.15) is 0 Å². The second-order valence-corrected chi connectivity index (χ2v) is 6.34. The molecule has 7 nitrogen and oxygen atoms in total. The van der Waals surface area contributed by atoms with Gasteiger partial charge in [-0.1, -0.05) is 11.2 Å². The van der Waals surface area contributed by atoms with Crippen LogP contribution in [0.5, 0.6) is 0 Å². The highest BCUT2D eigenvalue weighted by Gasteiger charge is 2.11. The van der Waals surface area contributed by atoms with Gasteiger partial charge in [-0.3, -0.25) is 9.59 Å². The fourth-order valence-corrected chi connectivity index (χ4v) is 2.81. The van der Waals surface area contributed by atoms with Crippen LogP contribution in [0.25, 0.3) is 10.7 Å². The number of amides is 1. The molecule has 2 aromatic rings. The third-order valence-corrected chi connectivity index (χ3v) is 4.38. The van der Waals surface area contributed by atoms with Gasteiger partial charge in [0.15, 0.2) is 0 Å². The Labute approximate surface area is 135 Å². The lowest BCUT2D eigenvalue weighted by atomic mass is 10.3. The molecule has 2 aromatic heterocycles. The number of thioether (sulfide) groups is 1. The molecule has 118 valence electrons. The molecule has 1 amide bonds. The van der Waals surface area contributed by atoms with E-state index in [0.29, 0.717) is 30.4 Å². The topological polar surface area (TPSA) is 105 Å². The van der Waals surface area contributed by atoms with Crippen LogP contribution in [0.4, 0.5) is 0 Å². The molecular formula is C13H15N3O4S2. The molecule has 2 N–H and O–H groups in total. The number of carbonyl (C=O) groups is 2. The molecule has 0 saturated heterocycles. The Morgan fingerprint density at radius 1 is 1.45 bits per heavy atom. The first kappa shape index (κ1) is 16.5. The van der Waals surface area contributed by atoms with E-state index in [1.54, 1.807) is 0 Å². The second-order valence-electron chi connectivity index (χ2n) is 4.29. The molecule has 0 saturated carbocycles. The lowest BCUT2D eigenvalue weighted by molar-refractivity contribution is -0.133. The number of thiophene rings is 1. The van der Waals surface area contributed by atoms with E-state index in [2.05, 4.69) is 15.5 Å². The van der Waals surface area contributed by atoms with E-state index in [1.807, 2.05) is 17.5 Å². The van der Waals surface area contributed by atoms with E-state index in [0.717, 1.165) is 4.88 Å². The number of nitrogens with zero attached hydrogens (tertiary/aromatic N) is 2. The van der Waals surface area contributed by atoms with Gasteiger partial charge in [-0.05, 0) is 11.4 Å². The fourth-order valence-electron chi connectivity index (χ4n) is 1.59. The van der Waals surface area contributed by atoms with E-state index in [1.165, 1.54) is 23.1 Å². The van der Waals surface area contributed by atoms with E-state index in [-0.39, 0.29) is 18.1 Å². The molecule has 0 radical (unpaired) electrons. The van der Waals surface area contributed by atoms with Gasteiger partial charge in [-0.2, -0.15) is 4.98 Å². The van der Waals surface area contributed by atoms with Gasteiger partial charge in [-0.15, -0.1) is 23.1 Å². The van der Waals surface area contributed by atoms with Crippen LogP contribution >= 0.6 is 23.1 Å². The van der Waals surface area contributed by atoms with Crippen molar-refractivity contribution in [2.24, 2.45) is 0 Å². The second kappa shape index (κ2) is 8.54. The van der Waals surface area contributed by atoms with Crippen molar-refractivity contribution in [3.63, 3.8) is 0 Å². The molecule has 0 aliphatic carbocycles. The third kappa shape index (κ3) is 5.49. The number of aliphatic carboxylic acids is 1. The normalized spacial score (nSPS) is 10.5. The van der Waals surface area contributed by atoms with Gasteiger partial charge in [0.2, 0.25) is 17.6 Å². The van der Waals surface area contributed by atoms with Gasteiger partial charge in [0, 0.05) is 25.1 Å². The van der Waals surface area contributed by atoms with Crippen LogP contribution in [-0.4, -0.2) is 45.2 Å². The maximum absolute atomic E-state index is 11.6. The zero-order valence-corrected chi connectivity index (χ0v) is 13.3. The van der Waals surface area contributed by atoms with Crippen molar-refractivity contribution in [3.8, 4) is 10.7 Å². The number of hydrogen-bond acceptors (Lipinski definition) is 7. The highest BCUT2D eigenvalue weighted by molar-refractivity contribution is 7.99. The van der Waals surface area contributed by atoms with Crippen molar-refractivity contribution < 1.29 is 19.2 Å². The van der Waals surface area contributed by atoms with Gasteiger partial charge in [0.25, 0.3) is 0 Å². The van der Waals surface area contributed by atoms with E-state index in [9.17, 15) is 9.59 Å². The van der Waals surface area contributed by atoms with Crippen molar-refractivity contribution in [1.29, 1.82) is 0 Å². The molecule has 2 rings (SSSR count). The molecule has 9 heteroatoms. The van der Waals surface area contributed by atoms with Crippen LogP contribution in [0, 0.1) is 0 Å². The third-order valence-electron chi connectivity index (χ3n) is 2.57. The molecule has 0 bridgehead atoms. The summed E-state index contributed by atoms with van der Waals surface area (Å²) in [5.41, 5.74) is 0. The van der Waals surface area contributed by atoms with Crippen molar-refractivity contribution >= 4 is 35.0 Å². The maximum Gasteiger partial charge on any atom is 0.313 e. The molecule has 0 aliphatic heterocycles. The molecule has 2 heterocycles. The zero-order chi connectivity index (χ0) is 15.8.